The lowest BCUT2D eigenvalue weighted by molar-refractivity contribution is 0.102. The van der Waals surface area contributed by atoms with Crippen molar-refractivity contribution in [1.29, 1.82) is 0 Å². The van der Waals surface area contributed by atoms with E-state index in [1.165, 1.54) is 0 Å². The Bertz CT molecular complexity index is 673. The van der Waals surface area contributed by atoms with Crippen LogP contribution in [0, 0.1) is 0 Å². The fourth-order valence-corrected chi connectivity index (χ4v) is 2.20. The van der Waals surface area contributed by atoms with Gasteiger partial charge < -0.3 is 19.9 Å². The second-order valence-corrected chi connectivity index (χ2v) is 6.13. The first-order chi connectivity index (χ1) is 12.6. The van der Waals surface area contributed by atoms with Gasteiger partial charge >= 0.3 is 0 Å². The predicted molar refractivity (Wildman–Crippen MR) is 103 cm³/mol. The number of halogens is 1. The molecule has 2 aromatic carbocycles. The highest BCUT2D eigenvalue weighted by atomic mass is 35.5. The standard InChI is InChI=1S/C20H24ClNO4/c1-2-3-12-25-18-8-4-15(5-9-18)20(24)22-16-6-10-19(11-7-16)26-14-17(23)13-21/h4-11,17,23H,2-3,12-14H2,1H3,(H,22,24). The molecule has 0 aliphatic carbocycles. The van der Waals surface area contributed by atoms with Crippen molar-refractivity contribution in [1.82, 2.24) is 0 Å². The molecular weight excluding hydrogens is 354 g/mol. The monoisotopic (exact) mass is 377 g/mol. The van der Waals surface area contributed by atoms with E-state index in [-0.39, 0.29) is 18.4 Å². The van der Waals surface area contributed by atoms with Gasteiger partial charge in [-0.3, -0.25) is 4.79 Å². The average Bonchev–Trinajstić information content (AvgIpc) is 2.68. The molecule has 0 fully saturated rings. The van der Waals surface area contributed by atoms with Crippen LogP contribution in [0.1, 0.15) is 30.1 Å². The lowest BCUT2D eigenvalue weighted by atomic mass is 10.2. The maximum atomic E-state index is 12.3. The third kappa shape index (κ3) is 6.58. The van der Waals surface area contributed by atoms with Crippen molar-refractivity contribution in [3.8, 4) is 11.5 Å². The zero-order chi connectivity index (χ0) is 18.8. The van der Waals surface area contributed by atoms with E-state index in [4.69, 9.17) is 21.1 Å². The van der Waals surface area contributed by atoms with Crippen LogP contribution in [0.15, 0.2) is 48.5 Å². The summed E-state index contributed by atoms with van der Waals surface area (Å²) in [5, 5.41) is 12.2. The third-order valence-corrected chi connectivity index (χ3v) is 3.97. The summed E-state index contributed by atoms with van der Waals surface area (Å²) in [6.45, 7) is 2.92. The normalized spacial score (nSPS) is 11.7. The molecule has 0 spiro atoms. The first-order valence-electron chi connectivity index (χ1n) is 8.63. The molecule has 0 heterocycles. The first kappa shape index (κ1) is 20.1. The average molecular weight is 378 g/mol. The van der Waals surface area contributed by atoms with Gasteiger partial charge in [0.25, 0.3) is 5.91 Å². The summed E-state index contributed by atoms with van der Waals surface area (Å²) in [6.07, 6.45) is 1.38. The van der Waals surface area contributed by atoms with Gasteiger partial charge in [-0.15, -0.1) is 11.6 Å². The van der Waals surface area contributed by atoms with Crippen LogP contribution in [0.25, 0.3) is 0 Å². The van der Waals surface area contributed by atoms with Crippen molar-refractivity contribution in [3.63, 3.8) is 0 Å². The number of rotatable bonds is 10. The Hall–Kier alpha value is -2.24. The Labute approximate surface area is 158 Å². The Kier molecular flexibility index (Phi) is 8.25. The molecule has 0 bridgehead atoms. The molecule has 1 atom stereocenters. The van der Waals surface area contributed by atoms with Crippen LogP contribution in [0.2, 0.25) is 0 Å². The Morgan fingerprint density at radius 1 is 1.08 bits per heavy atom. The largest absolute Gasteiger partial charge is 0.494 e. The molecule has 1 unspecified atom stereocenters. The number of anilines is 1. The molecule has 0 aromatic heterocycles. The lowest BCUT2D eigenvalue weighted by Gasteiger charge is -2.11. The number of amides is 1. The molecule has 6 heteroatoms. The topological polar surface area (TPSA) is 67.8 Å². The molecule has 0 saturated carbocycles. The summed E-state index contributed by atoms with van der Waals surface area (Å²) in [7, 11) is 0. The highest BCUT2D eigenvalue weighted by Gasteiger charge is 2.07. The van der Waals surface area contributed by atoms with E-state index in [1.54, 1.807) is 48.5 Å². The zero-order valence-electron chi connectivity index (χ0n) is 14.8. The number of hydrogen-bond donors (Lipinski definition) is 2. The fraction of sp³-hybridized carbons (Fsp3) is 0.350. The molecule has 0 radical (unpaired) electrons. The molecule has 26 heavy (non-hydrogen) atoms. The fourth-order valence-electron chi connectivity index (χ4n) is 2.11. The third-order valence-electron chi connectivity index (χ3n) is 3.62. The quantitative estimate of drug-likeness (QED) is 0.483. The van der Waals surface area contributed by atoms with Gasteiger partial charge in [-0.2, -0.15) is 0 Å². The van der Waals surface area contributed by atoms with Gasteiger partial charge in [-0.1, -0.05) is 13.3 Å². The SMILES string of the molecule is CCCCOc1ccc(C(=O)Nc2ccc(OCC(O)CCl)cc2)cc1. The second kappa shape index (κ2) is 10.7. The lowest BCUT2D eigenvalue weighted by Crippen LogP contribution is -2.18. The molecule has 2 aromatic rings. The number of unbranched alkanes of at least 4 members (excludes halogenated alkanes) is 1. The summed E-state index contributed by atoms with van der Waals surface area (Å²) in [5.41, 5.74) is 1.21. The molecule has 0 aliphatic rings. The number of benzene rings is 2. The van der Waals surface area contributed by atoms with Crippen LogP contribution in [0.3, 0.4) is 0 Å². The molecule has 1 amide bonds. The molecular formula is C20H24ClNO4. The van der Waals surface area contributed by atoms with Gasteiger partial charge in [0, 0.05) is 11.3 Å². The van der Waals surface area contributed by atoms with Crippen molar-refractivity contribution >= 4 is 23.2 Å². The van der Waals surface area contributed by atoms with Crippen molar-refractivity contribution in [3.05, 3.63) is 54.1 Å². The van der Waals surface area contributed by atoms with Crippen molar-refractivity contribution in [2.75, 3.05) is 24.4 Å². The van der Waals surface area contributed by atoms with E-state index in [1.807, 2.05) is 0 Å². The predicted octanol–water partition coefficient (Wildman–Crippen LogP) is 4.10. The van der Waals surface area contributed by atoms with Gasteiger partial charge in [-0.05, 0) is 55.0 Å². The van der Waals surface area contributed by atoms with E-state index in [2.05, 4.69) is 12.2 Å². The molecule has 5 nitrogen and oxygen atoms in total. The highest BCUT2D eigenvalue weighted by Crippen LogP contribution is 2.18. The Balaban J connectivity index is 1.86. The Morgan fingerprint density at radius 3 is 2.31 bits per heavy atom. The van der Waals surface area contributed by atoms with Gasteiger partial charge in [0.2, 0.25) is 0 Å². The van der Waals surface area contributed by atoms with E-state index >= 15 is 0 Å². The smallest absolute Gasteiger partial charge is 0.255 e. The Morgan fingerprint density at radius 2 is 1.69 bits per heavy atom. The molecule has 2 N–H and O–H groups in total. The zero-order valence-corrected chi connectivity index (χ0v) is 15.5. The maximum absolute atomic E-state index is 12.3. The van der Waals surface area contributed by atoms with Crippen LogP contribution >= 0.6 is 11.6 Å². The van der Waals surface area contributed by atoms with Crippen LogP contribution < -0.4 is 14.8 Å². The molecule has 140 valence electrons. The number of alkyl halides is 1. The van der Waals surface area contributed by atoms with Crippen molar-refractivity contribution < 1.29 is 19.4 Å². The number of carbonyl (C=O) groups excluding carboxylic acids is 1. The molecule has 0 saturated heterocycles. The van der Waals surface area contributed by atoms with Crippen LogP contribution in [-0.2, 0) is 0 Å². The number of aliphatic hydroxyl groups excluding tert-OH is 1. The van der Waals surface area contributed by atoms with E-state index in [0.717, 1.165) is 18.6 Å². The second-order valence-electron chi connectivity index (χ2n) is 5.82. The van der Waals surface area contributed by atoms with E-state index in [0.29, 0.717) is 23.6 Å². The minimum atomic E-state index is -0.704. The highest BCUT2D eigenvalue weighted by molar-refractivity contribution is 6.18. The first-order valence-corrected chi connectivity index (χ1v) is 9.17. The van der Waals surface area contributed by atoms with Crippen LogP contribution in [-0.4, -0.2) is 36.2 Å². The maximum Gasteiger partial charge on any atom is 0.255 e. The van der Waals surface area contributed by atoms with E-state index < -0.39 is 6.10 Å². The summed E-state index contributed by atoms with van der Waals surface area (Å²) in [5.74, 6) is 1.28. The van der Waals surface area contributed by atoms with Gasteiger partial charge in [-0.25, -0.2) is 0 Å². The number of aliphatic hydroxyl groups is 1. The van der Waals surface area contributed by atoms with Crippen molar-refractivity contribution in [2.24, 2.45) is 0 Å². The number of carbonyl (C=O) groups is 1. The number of nitrogens with one attached hydrogen (secondary N) is 1. The summed E-state index contributed by atoms with van der Waals surface area (Å²) < 4.78 is 11.0. The molecule has 2 rings (SSSR count). The van der Waals surface area contributed by atoms with Gasteiger partial charge in [0.1, 0.15) is 24.2 Å². The van der Waals surface area contributed by atoms with Crippen LogP contribution in [0.5, 0.6) is 11.5 Å². The van der Waals surface area contributed by atoms with Crippen LogP contribution in [0.4, 0.5) is 5.69 Å². The molecule has 0 aliphatic heterocycles. The van der Waals surface area contributed by atoms with Crippen molar-refractivity contribution in [2.45, 2.75) is 25.9 Å². The van der Waals surface area contributed by atoms with E-state index in [9.17, 15) is 9.90 Å². The number of ether oxygens (including phenoxy) is 2. The minimum absolute atomic E-state index is 0.122. The summed E-state index contributed by atoms with van der Waals surface area (Å²) in [4.78, 5) is 12.3. The van der Waals surface area contributed by atoms with Gasteiger partial charge in [0.15, 0.2) is 0 Å². The number of hydrogen-bond acceptors (Lipinski definition) is 4. The van der Waals surface area contributed by atoms with Gasteiger partial charge in [0.05, 0.1) is 12.5 Å². The minimum Gasteiger partial charge on any atom is -0.494 e. The summed E-state index contributed by atoms with van der Waals surface area (Å²) in [6, 6.07) is 14.0. The summed E-state index contributed by atoms with van der Waals surface area (Å²) >= 11 is 5.51.